The molecule has 0 spiro atoms. The fraction of sp³-hybridized carbons (Fsp3) is 0.733. The molecule has 5 heteroatoms. The average molecular weight is 299 g/mol. The van der Waals surface area contributed by atoms with Crippen LogP contribution in [-0.4, -0.2) is 48.6 Å². The van der Waals surface area contributed by atoms with Gasteiger partial charge < -0.3 is 9.80 Å². The van der Waals surface area contributed by atoms with Gasteiger partial charge in [0.25, 0.3) is 0 Å². The number of rotatable bonds is 8. The van der Waals surface area contributed by atoms with E-state index in [-0.39, 0.29) is 0 Å². The minimum atomic E-state index is 0.329. The Morgan fingerprint density at radius 3 is 2.45 bits per heavy atom. The zero-order valence-corrected chi connectivity index (χ0v) is 14.1. The van der Waals surface area contributed by atoms with Crippen LogP contribution in [0, 0.1) is 0 Å². The van der Waals surface area contributed by atoms with Crippen molar-refractivity contribution in [3.8, 4) is 0 Å². The van der Waals surface area contributed by atoms with E-state index >= 15 is 0 Å². The number of anilines is 1. The second kappa shape index (κ2) is 8.42. The van der Waals surface area contributed by atoms with Gasteiger partial charge in [-0.3, -0.25) is 0 Å². The van der Waals surface area contributed by atoms with Crippen LogP contribution in [0.5, 0.6) is 0 Å². The lowest BCUT2D eigenvalue weighted by atomic mass is 10.2. The molecule has 0 saturated carbocycles. The van der Waals surface area contributed by atoms with Crippen molar-refractivity contribution >= 4 is 17.3 Å². The van der Waals surface area contributed by atoms with Crippen molar-refractivity contribution in [2.24, 2.45) is 0 Å². The van der Waals surface area contributed by atoms with Crippen molar-refractivity contribution in [1.29, 1.82) is 0 Å². The molecule has 0 radical (unpaired) electrons. The smallest absolute Gasteiger partial charge is 0.131 e. The molecule has 1 aromatic rings. The first kappa shape index (κ1) is 17.2. The van der Waals surface area contributed by atoms with Crippen LogP contribution in [0.1, 0.15) is 44.6 Å². The SMILES string of the molecule is CCN(CCCN(C)C)c1cnc(C(C)C)nc1CCl. The first-order chi connectivity index (χ1) is 9.49. The summed E-state index contributed by atoms with van der Waals surface area (Å²) in [6.07, 6.45) is 3.05. The van der Waals surface area contributed by atoms with E-state index in [1.807, 2.05) is 6.20 Å². The van der Waals surface area contributed by atoms with Crippen molar-refractivity contribution < 1.29 is 0 Å². The lowest BCUT2D eigenvalue weighted by Crippen LogP contribution is -2.28. The summed E-state index contributed by atoms with van der Waals surface area (Å²) in [6.45, 7) is 9.38. The molecule has 0 aliphatic heterocycles. The van der Waals surface area contributed by atoms with Gasteiger partial charge >= 0.3 is 0 Å². The highest BCUT2D eigenvalue weighted by Gasteiger charge is 2.13. The molecular formula is C15H27ClN4. The van der Waals surface area contributed by atoms with Gasteiger partial charge in [-0.15, -0.1) is 11.6 Å². The fourth-order valence-electron chi connectivity index (χ4n) is 2.09. The van der Waals surface area contributed by atoms with E-state index < -0.39 is 0 Å². The van der Waals surface area contributed by atoms with Crippen LogP contribution in [0.2, 0.25) is 0 Å². The normalized spacial score (nSPS) is 11.4. The number of hydrogen-bond acceptors (Lipinski definition) is 4. The quantitative estimate of drug-likeness (QED) is 0.690. The van der Waals surface area contributed by atoms with E-state index in [4.69, 9.17) is 11.6 Å². The molecule has 0 N–H and O–H groups in total. The highest BCUT2D eigenvalue weighted by atomic mass is 35.5. The summed E-state index contributed by atoms with van der Waals surface area (Å²) < 4.78 is 0. The van der Waals surface area contributed by atoms with Crippen molar-refractivity contribution in [3.63, 3.8) is 0 Å². The summed E-state index contributed by atoms with van der Waals surface area (Å²) in [5, 5.41) is 0. The third-order valence-electron chi connectivity index (χ3n) is 3.26. The lowest BCUT2D eigenvalue weighted by molar-refractivity contribution is 0.400. The molecule has 1 aromatic heterocycles. The Balaban J connectivity index is 2.85. The third kappa shape index (κ3) is 4.91. The molecule has 0 aromatic carbocycles. The van der Waals surface area contributed by atoms with Crippen LogP contribution >= 0.6 is 11.6 Å². The largest absolute Gasteiger partial charge is 0.369 e. The molecule has 0 aliphatic rings. The molecule has 114 valence electrons. The number of halogens is 1. The van der Waals surface area contributed by atoms with Gasteiger partial charge in [-0.05, 0) is 34.0 Å². The Kier molecular flexibility index (Phi) is 7.24. The standard InChI is InChI=1S/C15H27ClN4/c1-6-20(9-7-8-19(4)5)14-11-17-15(12(2)3)18-13(14)10-16/h11-12H,6-10H2,1-5H3. The molecule has 0 amide bonds. The Hall–Kier alpha value is -0.870. The predicted octanol–water partition coefficient (Wildman–Crippen LogP) is 3.12. The van der Waals surface area contributed by atoms with Gasteiger partial charge in [0.2, 0.25) is 0 Å². The lowest BCUT2D eigenvalue weighted by Gasteiger charge is -2.25. The van der Waals surface area contributed by atoms with Crippen molar-refractivity contribution in [2.75, 3.05) is 38.6 Å². The number of hydrogen-bond donors (Lipinski definition) is 0. The second-order valence-electron chi connectivity index (χ2n) is 5.58. The van der Waals surface area contributed by atoms with Gasteiger partial charge in [0.1, 0.15) is 5.82 Å². The number of alkyl halides is 1. The fourth-order valence-corrected chi connectivity index (χ4v) is 2.29. The molecular weight excluding hydrogens is 272 g/mol. The minimum absolute atomic E-state index is 0.329. The molecule has 0 bridgehead atoms. The van der Waals surface area contributed by atoms with Crippen molar-refractivity contribution in [3.05, 3.63) is 17.7 Å². The summed E-state index contributed by atoms with van der Waals surface area (Å²) in [5.41, 5.74) is 2.02. The third-order valence-corrected chi connectivity index (χ3v) is 3.52. The van der Waals surface area contributed by atoms with E-state index in [2.05, 4.69) is 54.6 Å². The van der Waals surface area contributed by atoms with Gasteiger partial charge in [-0.25, -0.2) is 9.97 Å². The number of aromatic nitrogens is 2. The highest BCUT2D eigenvalue weighted by molar-refractivity contribution is 6.17. The second-order valence-corrected chi connectivity index (χ2v) is 5.85. The molecule has 1 heterocycles. The molecule has 1 rings (SSSR count). The zero-order valence-electron chi connectivity index (χ0n) is 13.4. The number of nitrogens with zero attached hydrogens (tertiary/aromatic N) is 4. The van der Waals surface area contributed by atoms with Crippen LogP contribution in [0.15, 0.2) is 6.20 Å². The first-order valence-corrected chi connectivity index (χ1v) is 7.84. The maximum absolute atomic E-state index is 6.07. The van der Waals surface area contributed by atoms with E-state index in [0.717, 1.165) is 43.3 Å². The maximum atomic E-state index is 6.07. The Morgan fingerprint density at radius 1 is 1.25 bits per heavy atom. The van der Waals surface area contributed by atoms with Crippen LogP contribution in [-0.2, 0) is 5.88 Å². The summed E-state index contributed by atoms with van der Waals surface area (Å²) in [6, 6.07) is 0. The highest BCUT2D eigenvalue weighted by Crippen LogP contribution is 2.22. The Bertz CT molecular complexity index is 407. The monoisotopic (exact) mass is 298 g/mol. The Labute approximate surface area is 128 Å². The van der Waals surface area contributed by atoms with Crippen LogP contribution in [0.3, 0.4) is 0 Å². The van der Waals surface area contributed by atoms with Crippen LogP contribution in [0.4, 0.5) is 5.69 Å². The van der Waals surface area contributed by atoms with Gasteiger partial charge in [-0.1, -0.05) is 13.8 Å². The van der Waals surface area contributed by atoms with Crippen molar-refractivity contribution in [2.45, 2.75) is 39.0 Å². The molecule has 0 unspecified atom stereocenters. The van der Waals surface area contributed by atoms with Gasteiger partial charge in [-0.2, -0.15) is 0 Å². The summed E-state index contributed by atoms with van der Waals surface area (Å²) >= 11 is 6.07. The molecule has 20 heavy (non-hydrogen) atoms. The molecule has 0 aliphatic carbocycles. The van der Waals surface area contributed by atoms with Gasteiger partial charge in [0.05, 0.1) is 23.5 Å². The molecule has 4 nitrogen and oxygen atoms in total. The molecule has 0 fully saturated rings. The van der Waals surface area contributed by atoms with E-state index in [1.165, 1.54) is 0 Å². The first-order valence-electron chi connectivity index (χ1n) is 7.31. The maximum Gasteiger partial charge on any atom is 0.131 e. The van der Waals surface area contributed by atoms with Gasteiger partial charge in [0.15, 0.2) is 0 Å². The zero-order chi connectivity index (χ0) is 15.1. The summed E-state index contributed by atoms with van der Waals surface area (Å²) in [4.78, 5) is 13.6. The van der Waals surface area contributed by atoms with Crippen LogP contribution < -0.4 is 4.90 Å². The van der Waals surface area contributed by atoms with E-state index in [1.54, 1.807) is 0 Å². The topological polar surface area (TPSA) is 32.3 Å². The molecule has 0 atom stereocenters. The van der Waals surface area contributed by atoms with E-state index in [9.17, 15) is 0 Å². The predicted molar refractivity (Wildman–Crippen MR) is 86.7 cm³/mol. The Morgan fingerprint density at radius 2 is 1.95 bits per heavy atom. The van der Waals surface area contributed by atoms with Crippen LogP contribution in [0.25, 0.3) is 0 Å². The summed E-state index contributed by atoms with van der Waals surface area (Å²) in [5.74, 6) is 1.63. The minimum Gasteiger partial charge on any atom is -0.369 e. The van der Waals surface area contributed by atoms with E-state index in [0.29, 0.717) is 11.8 Å². The average Bonchev–Trinajstić information content (AvgIpc) is 2.42. The van der Waals surface area contributed by atoms with Gasteiger partial charge in [0, 0.05) is 19.0 Å². The summed E-state index contributed by atoms with van der Waals surface area (Å²) in [7, 11) is 4.20. The van der Waals surface area contributed by atoms with Crippen molar-refractivity contribution in [1.82, 2.24) is 14.9 Å². The molecule has 0 saturated heterocycles.